The molecule has 9 rings (SSSR count). The Hall–Kier alpha value is -7.16. The second-order valence-corrected chi connectivity index (χ2v) is 12.4. The van der Waals surface area contributed by atoms with Gasteiger partial charge in [-0.3, -0.25) is 0 Å². The van der Waals surface area contributed by atoms with E-state index < -0.39 is 0 Å². The summed E-state index contributed by atoms with van der Waals surface area (Å²) in [7, 11) is 0. The van der Waals surface area contributed by atoms with Gasteiger partial charge < -0.3 is 4.57 Å². The minimum atomic E-state index is 0.564. The van der Waals surface area contributed by atoms with Crippen molar-refractivity contribution in [3.8, 4) is 68.2 Å². The first kappa shape index (κ1) is 29.9. The van der Waals surface area contributed by atoms with Crippen molar-refractivity contribution in [2.75, 3.05) is 0 Å². The molecule has 2 aromatic heterocycles. The summed E-state index contributed by atoms with van der Waals surface area (Å²) in [6, 6.07) is 62.2. The largest absolute Gasteiger partial charge is 0.309 e. The van der Waals surface area contributed by atoms with Crippen LogP contribution in [0.15, 0.2) is 176 Å². The average Bonchev–Trinajstić information content (AvgIpc) is 3.55. The molecule has 9 aromatic rings. The summed E-state index contributed by atoms with van der Waals surface area (Å²) < 4.78 is 2.33. The molecule has 0 spiro atoms. The Morgan fingerprint density at radius 2 is 0.941 bits per heavy atom. The standard InChI is InChI=1S/C46H29N5/c47-30-31-20-22-33(23-21-31)38-27-25-37(51-42-19-11-10-18-39(42)40-26-24-36(28-43(40)51)32-12-4-1-5-13-32)29-41(38)46-49-44(34-14-6-2-7-15-34)48-45(50-46)35-16-8-3-9-17-35/h1-29H. The second kappa shape index (κ2) is 12.7. The summed E-state index contributed by atoms with van der Waals surface area (Å²) in [5, 5.41) is 11.9. The number of benzene rings is 7. The minimum absolute atomic E-state index is 0.564. The summed E-state index contributed by atoms with van der Waals surface area (Å²) in [6.45, 7) is 0. The van der Waals surface area contributed by atoms with Gasteiger partial charge in [0.1, 0.15) is 0 Å². The number of fused-ring (bicyclic) bond motifs is 3. The molecule has 7 aromatic carbocycles. The fourth-order valence-electron chi connectivity index (χ4n) is 6.82. The Morgan fingerprint density at radius 3 is 1.59 bits per heavy atom. The van der Waals surface area contributed by atoms with Gasteiger partial charge in [-0.15, -0.1) is 0 Å². The third-order valence-corrected chi connectivity index (χ3v) is 9.31. The number of nitrogens with zero attached hydrogens (tertiary/aromatic N) is 5. The molecule has 0 aliphatic carbocycles. The highest BCUT2D eigenvalue weighted by Gasteiger charge is 2.19. The van der Waals surface area contributed by atoms with Crippen LogP contribution in [-0.2, 0) is 0 Å². The van der Waals surface area contributed by atoms with Crippen LogP contribution in [-0.4, -0.2) is 19.5 Å². The fraction of sp³-hybridized carbons (Fsp3) is 0. The first-order valence-electron chi connectivity index (χ1n) is 16.8. The molecule has 5 nitrogen and oxygen atoms in total. The zero-order chi connectivity index (χ0) is 34.1. The fourth-order valence-corrected chi connectivity index (χ4v) is 6.82. The summed E-state index contributed by atoms with van der Waals surface area (Å²) >= 11 is 0. The van der Waals surface area contributed by atoms with Crippen LogP contribution < -0.4 is 0 Å². The zero-order valence-corrected chi connectivity index (χ0v) is 27.5. The Bertz CT molecular complexity index is 2670. The molecule has 51 heavy (non-hydrogen) atoms. The molecule has 238 valence electrons. The maximum Gasteiger partial charge on any atom is 0.164 e. The molecular formula is C46H29N5. The van der Waals surface area contributed by atoms with Crippen molar-refractivity contribution in [3.63, 3.8) is 0 Å². The van der Waals surface area contributed by atoms with Gasteiger partial charge >= 0.3 is 0 Å². The summed E-state index contributed by atoms with van der Waals surface area (Å²) in [5.74, 6) is 1.76. The Balaban J connectivity index is 1.32. The number of aromatic nitrogens is 4. The van der Waals surface area contributed by atoms with Crippen molar-refractivity contribution in [3.05, 3.63) is 181 Å². The second-order valence-electron chi connectivity index (χ2n) is 12.4. The molecule has 0 aliphatic rings. The van der Waals surface area contributed by atoms with E-state index in [0.29, 0.717) is 23.0 Å². The van der Waals surface area contributed by atoms with Crippen LogP contribution >= 0.6 is 0 Å². The molecule has 0 fully saturated rings. The van der Waals surface area contributed by atoms with Crippen molar-refractivity contribution in [2.45, 2.75) is 0 Å². The molecule has 0 N–H and O–H groups in total. The van der Waals surface area contributed by atoms with E-state index in [0.717, 1.165) is 50.1 Å². The highest BCUT2D eigenvalue weighted by Crippen LogP contribution is 2.39. The molecule has 0 saturated heterocycles. The molecule has 0 radical (unpaired) electrons. The van der Waals surface area contributed by atoms with E-state index in [4.69, 9.17) is 15.0 Å². The van der Waals surface area contributed by atoms with Gasteiger partial charge in [0.2, 0.25) is 0 Å². The SMILES string of the molecule is N#Cc1ccc(-c2ccc(-n3c4ccccc4c4ccc(-c5ccccc5)cc43)cc2-c2nc(-c3ccccc3)nc(-c3ccccc3)n2)cc1. The van der Waals surface area contributed by atoms with Crippen LogP contribution in [0.1, 0.15) is 5.56 Å². The highest BCUT2D eigenvalue weighted by atomic mass is 15.0. The summed E-state index contributed by atoms with van der Waals surface area (Å²) in [6.07, 6.45) is 0. The van der Waals surface area contributed by atoms with Crippen LogP contribution in [0.25, 0.3) is 83.9 Å². The highest BCUT2D eigenvalue weighted by molar-refractivity contribution is 6.10. The molecule has 0 unspecified atom stereocenters. The third-order valence-electron chi connectivity index (χ3n) is 9.31. The van der Waals surface area contributed by atoms with Gasteiger partial charge in [0, 0.05) is 33.2 Å². The van der Waals surface area contributed by atoms with Gasteiger partial charge in [0.15, 0.2) is 17.5 Å². The van der Waals surface area contributed by atoms with E-state index >= 15 is 0 Å². The van der Waals surface area contributed by atoms with Crippen molar-refractivity contribution >= 4 is 21.8 Å². The van der Waals surface area contributed by atoms with E-state index in [1.807, 2.05) is 91.0 Å². The van der Waals surface area contributed by atoms with E-state index in [-0.39, 0.29) is 0 Å². The van der Waals surface area contributed by atoms with Crippen molar-refractivity contribution < 1.29 is 0 Å². The molecule has 0 amide bonds. The lowest BCUT2D eigenvalue weighted by Gasteiger charge is -2.16. The number of hydrogen-bond donors (Lipinski definition) is 0. The Labute approximate surface area is 295 Å². The van der Waals surface area contributed by atoms with E-state index in [2.05, 4.69) is 95.6 Å². The van der Waals surface area contributed by atoms with Gasteiger partial charge in [-0.2, -0.15) is 5.26 Å². The summed E-state index contributed by atoms with van der Waals surface area (Å²) in [5.41, 5.74) is 10.7. The molecule has 0 atom stereocenters. The topological polar surface area (TPSA) is 67.4 Å². The van der Waals surface area contributed by atoms with Gasteiger partial charge in [0.25, 0.3) is 0 Å². The quantitative estimate of drug-likeness (QED) is 0.179. The number of rotatable bonds is 6. The van der Waals surface area contributed by atoms with E-state index in [9.17, 15) is 5.26 Å². The lowest BCUT2D eigenvalue weighted by Crippen LogP contribution is -2.02. The smallest absolute Gasteiger partial charge is 0.164 e. The number of hydrogen-bond acceptors (Lipinski definition) is 4. The predicted molar refractivity (Wildman–Crippen MR) is 206 cm³/mol. The molecule has 0 bridgehead atoms. The maximum absolute atomic E-state index is 9.54. The Morgan fingerprint density at radius 1 is 0.392 bits per heavy atom. The van der Waals surface area contributed by atoms with Crippen molar-refractivity contribution in [1.82, 2.24) is 19.5 Å². The first-order valence-corrected chi connectivity index (χ1v) is 16.8. The van der Waals surface area contributed by atoms with E-state index in [1.54, 1.807) is 0 Å². The van der Waals surface area contributed by atoms with Crippen LogP contribution in [0.3, 0.4) is 0 Å². The lowest BCUT2D eigenvalue weighted by molar-refractivity contribution is 1.07. The van der Waals surface area contributed by atoms with Crippen LogP contribution in [0.4, 0.5) is 0 Å². The molecule has 0 saturated carbocycles. The third kappa shape index (κ3) is 5.51. The monoisotopic (exact) mass is 651 g/mol. The van der Waals surface area contributed by atoms with Crippen molar-refractivity contribution in [2.24, 2.45) is 0 Å². The molecule has 2 heterocycles. The minimum Gasteiger partial charge on any atom is -0.309 e. The average molecular weight is 652 g/mol. The van der Waals surface area contributed by atoms with Crippen LogP contribution in [0.5, 0.6) is 0 Å². The van der Waals surface area contributed by atoms with Gasteiger partial charge in [0.05, 0.1) is 22.7 Å². The predicted octanol–water partition coefficient (Wildman–Crippen LogP) is 11.2. The zero-order valence-electron chi connectivity index (χ0n) is 27.5. The maximum atomic E-state index is 9.54. The van der Waals surface area contributed by atoms with Gasteiger partial charge in [-0.25, -0.2) is 15.0 Å². The molecule has 0 aliphatic heterocycles. The van der Waals surface area contributed by atoms with E-state index in [1.165, 1.54) is 16.3 Å². The van der Waals surface area contributed by atoms with Crippen molar-refractivity contribution in [1.29, 1.82) is 5.26 Å². The normalized spacial score (nSPS) is 11.1. The Kier molecular flexibility index (Phi) is 7.46. The first-order chi connectivity index (χ1) is 25.2. The molecular weight excluding hydrogens is 623 g/mol. The van der Waals surface area contributed by atoms with Crippen LogP contribution in [0, 0.1) is 11.3 Å². The molecule has 5 heteroatoms. The van der Waals surface area contributed by atoms with Gasteiger partial charge in [-0.1, -0.05) is 140 Å². The summed E-state index contributed by atoms with van der Waals surface area (Å²) in [4.78, 5) is 15.2. The number of nitriles is 1. The number of para-hydroxylation sites is 1. The van der Waals surface area contributed by atoms with Gasteiger partial charge in [-0.05, 0) is 58.7 Å². The lowest BCUT2D eigenvalue weighted by atomic mass is 9.97. The van der Waals surface area contributed by atoms with Crippen LogP contribution in [0.2, 0.25) is 0 Å².